The number of benzene rings is 2. The quantitative estimate of drug-likeness (QED) is 0.318. The fourth-order valence-electron chi connectivity index (χ4n) is 4.74. The Morgan fingerprint density at radius 3 is 1.92 bits per heavy atom. The fraction of sp³-hybridized carbons (Fsp3) is 0.483. The van der Waals surface area contributed by atoms with Crippen LogP contribution in [0.25, 0.3) is 11.3 Å². The molecule has 0 amide bonds. The second-order valence-corrected chi connectivity index (χ2v) is 13.3. The Hall–Kier alpha value is -2.42. The zero-order valence-electron chi connectivity index (χ0n) is 23.0. The van der Waals surface area contributed by atoms with E-state index in [1.54, 1.807) is 22.8 Å². The SMILES string of the molecule is COc1ccc(-c2csc(N3CCN(S(=O)(=O)c4c(C(C)C)cc(C(C)C)cc4C(C)C)CC3)n2)cc1. The molecule has 8 heteroatoms. The van der Waals surface area contributed by atoms with Gasteiger partial charge in [-0.25, -0.2) is 13.4 Å². The summed E-state index contributed by atoms with van der Waals surface area (Å²) in [5.74, 6) is 1.40. The van der Waals surface area contributed by atoms with Crippen molar-refractivity contribution >= 4 is 26.5 Å². The average molecular weight is 542 g/mol. The monoisotopic (exact) mass is 541 g/mol. The lowest BCUT2D eigenvalue weighted by molar-refractivity contribution is 0.383. The van der Waals surface area contributed by atoms with Gasteiger partial charge in [0.05, 0.1) is 17.7 Å². The summed E-state index contributed by atoms with van der Waals surface area (Å²) in [4.78, 5) is 7.55. The third-order valence-electron chi connectivity index (χ3n) is 7.06. The van der Waals surface area contributed by atoms with Gasteiger partial charge < -0.3 is 9.64 Å². The maximum atomic E-state index is 14.1. The minimum atomic E-state index is -3.63. The molecule has 0 N–H and O–H groups in total. The summed E-state index contributed by atoms with van der Waals surface area (Å²) >= 11 is 1.60. The Bertz CT molecular complexity index is 1290. The molecule has 200 valence electrons. The van der Waals surface area contributed by atoms with E-state index >= 15 is 0 Å². The molecule has 0 radical (unpaired) electrons. The summed E-state index contributed by atoms with van der Waals surface area (Å²) in [5, 5.41) is 2.98. The smallest absolute Gasteiger partial charge is 0.243 e. The van der Waals surface area contributed by atoms with Crippen LogP contribution in [-0.2, 0) is 10.0 Å². The minimum Gasteiger partial charge on any atom is -0.497 e. The zero-order valence-corrected chi connectivity index (χ0v) is 24.6. The summed E-state index contributed by atoms with van der Waals surface area (Å²) < 4.78 is 35.1. The number of ether oxygens (including phenoxy) is 1. The second kappa shape index (κ2) is 11.1. The fourth-order valence-corrected chi connectivity index (χ4v) is 7.72. The van der Waals surface area contributed by atoms with E-state index in [9.17, 15) is 8.42 Å². The van der Waals surface area contributed by atoms with Crippen LogP contribution in [0.1, 0.15) is 76.0 Å². The number of hydrogen-bond acceptors (Lipinski definition) is 6. The highest BCUT2D eigenvalue weighted by atomic mass is 32.2. The van der Waals surface area contributed by atoms with Gasteiger partial charge in [-0.05, 0) is 58.7 Å². The highest BCUT2D eigenvalue weighted by Crippen LogP contribution is 2.37. The van der Waals surface area contributed by atoms with Gasteiger partial charge in [0.15, 0.2) is 5.13 Å². The number of aromatic nitrogens is 1. The third-order valence-corrected chi connectivity index (χ3v) is 10.00. The second-order valence-electron chi connectivity index (χ2n) is 10.6. The van der Waals surface area contributed by atoms with Crippen molar-refractivity contribution in [3.63, 3.8) is 0 Å². The van der Waals surface area contributed by atoms with Crippen LogP contribution < -0.4 is 9.64 Å². The third kappa shape index (κ3) is 5.71. The Balaban J connectivity index is 1.56. The maximum absolute atomic E-state index is 14.1. The van der Waals surface area contributed by atoms with Crippen LogP contribution in [0.5, 0.6) is 5.75 Å². The molecular weight excluding hydrogens is 502 g/mol. The van der Waals surface area contributed by atoms with E-state index in [1.807, 2.05) is 24.3 Å². The molecule has 1 aliphatic heterocycles. The number of thiazole rings is 1. The molecule has 0 spiro atoms. The normalized spacial score (nSPS) is 15.2. The molecular formula is C29H39N3O3S2. The summed E-state index contributed by atoms with van der Waals surface area (Å²) in [6.45, 7) is 14.8. The van der Waals surface area contributed by atoms with Gasteiger partial charge in [0.25, 0.3) is 0 Å². The number of nitrogens with zero attached hydrogens (tertiary/aromatic N) is 3. The summed E-state index contributed by atoms with van der Waals surface area (Å²) in [6, 6.07) is 12.1. The van der Waals surface area contributed by atoms with Crippen molar-refractivity contribution in [1.29, 1.82) is 0 Å². The van der Waals surface area contributed by atoms with E-state index in [1.165, 1.54) is 5.56 Å². The maximum Gasteiger partial charge on any atom is 0.243 e. The van der Waals surface area contributed by atoms with Crippen LogP contribution in [0, 0.1) is 0 Å². The highest BCUT2D eigenvalue weighted by molar-refractivity contribution is 7.89. The number of rotatable bonds is 8. The number of hydrogen-bond donors (Lipinski definition) is 0. The van der Waals surface area contributed by atoms with Crippen molar-refractivity contribution in [3.05, 3.63) is 58.5 Å². The van der Waals surface area contributed by atoms with Gasteiger partial charge in [-0.3, -0.25) is 0 Å². The lowest BCUT2D eigenvalue weighted by Gasteiger charge is -2.35. The van der Waals surface area contributed by atoms with E-state index in [0.717, 1.165) is 33.3 Å². The molecule has 0 aliphatic carbocycles. The molecule has 1 aromatic heterocycles. The molecule has 0 atom stereocenters. The predicted molar refractivity (Wildman–Crippen MR) is 154 cm³/mol. The predicted octanol–water partition coefficient (Wildman–Crippen LogP) is 6.70. The number of sulfonamides is 1. The minimum absolute atomic E-state index is 0.119. The molecule has 6 nitrogen and oxygen atoms in total. The van der Waals surface area contributed by atoms with Gasteiger partial charge >= 0.3 is 0 Å². The van der Waals surface area contributed by atoms with Crippen molar-refractivity contribution in [2.75, 3.05) is 38.2 Å². The Labute approximate surface area is 226 Å². The lowest BCUT2D eigenvalue weighted by Crippen LogP contribution is -2.49. The molecule has 0 unspecified atom stereocenters. The van der Waals surface area contributed by atoms with Crippen LogP contribution in [0.2, 0.25) is 0 Å². The van der Waals surface area contributed by atoms with E-state index in [2.05, 4.69) is 64.0 Å². The Morgan fingerprint density at radius 2 is 1.43 bits per heavy atom. The van der Waals surface area contributed by atoms with Gasteiger partial charge in [-0.1, -0.05) is 53.7 Å². The summed E-state index contributed by atoms with van der Waals surface area (Å²) in [7, 11) is -1.97. The first-order valence-corrected chi connectivity index (χ1v) is 15.4. The van der Waals surface area contributed by atoms with E-state index in [0.29, 0.717) is 37.0 Å². The van der Waals surface area contributed by atoms with Crippen LogP contribution >= 0.6 is 11.3 Å². The van der Waals surface area contributed by atoms with Crippen LogP contribution in [-0.4, -0.2) is 51.0 Å². The van der Waals surface area contributed by atoms with Crippen molar-refractivity contribution in [1.82, 2.24) is 9.29 Å². The summed E-state index contributed by atoms with van der Waals surface area (Å²) in [5.41, 5.74) is 5.03. The van der Waals surface area contributed by atoms with Crippen molar-refractivity contribution in [2.45, 2.75) is 64.2 Å². The number of anilines is 1. The number of piperazine rings is 1. The first-order valence-electron chi connectivity index (χ1n) is 13.1. The molecule has 37 heavy (non-hydrogen) atoms. The largest absolute Gasteiger partial charge is 0.497 e. The van der Waals surface area contributed by atoms with Crippen molar-refractivity contribution < 1.29 is 13.2 Å². The first-order chi connectivity index (χ1) is 17.5. The summed E-state index contributed by atoms with van der Waals surface area (Å²) in [6.07, 6.45) is 0. The van der Waals surface area contributed by atoms with Crippen molar-refractivity contribution in [3.8, 4) is 17.0 Å². The molecule has 1 fully saturated rings. The highest BCUT2D eigenvalue weighted by Gasteiger charge is 2.34. The molecule has 3 aromatic rings. The van der Waals surface area contributed by atoms with Crippen LogP contribution in [0.4, 0.5) is 5.13 Å². The molecule has 0 bridgehead atoms. The van der Waals surface area contributed by atoms with Gasteiger partial charge in [0.1, 0.15) is 5.75 Å². The molecule has 4 rings (SSSR count). The van der Waals surface area contributed by atoms with Gasteiger partial charge in [0, 0.05) is 37.1 Å². The number of methoxy groups -OCH3 is 1. The zero-order chi connectivity index (χ0) is 26.9. The van der Waals surface area contributed by atoms with Gasteiger partial charge in [-0.15, -0.1) is 11.3 Å². The average Bonchev–Trinajstić information content (AvgIpc) is 3.38. The molecule has 1 saturated heterocycles. The topological polar surface area (TPSA) is 62.7 Å². The molecule has 2 aromatic carbocycles. The Morgan fingerprint density at radius 1 is 0.865 bits per heavy atom. The molecule has 2 heterocycles. The van der Waals surface area contributed by atoms with Crippen molar-refractivity contribution in [2.24, 2.45) is 0 Å². The van der Waals surface area contributed by atoms with Crippen LogP contribution in [0.15, 0.2) is 46.7 Å². The first kappa shape index (κ1) is 27.6. The van der Waals surface area contributed by atoms with E-state index < -0.39 is 10.0 Å². The van der Waals surface area contributed by atoms with E-state index in [-0.39, 0.29) is 11.8 Å². The molecule has 0 saturated carbocycles. The Kier molecular flexibility index (Phi) is 8.31. The molecule has 1 aliphatic rings. The van der Waals surface area contributed by atoms with Gasteiger partial charge in [0.2, 0.25) is 10.0 Å². The standard InChI is InChI=1S/C29H39N3O3S2/c1-19(2)23-16-25(20(3)4)28(26(17-23)21(5)6)37(33,34)32-14-12-31(13-15-32)29-30-27(18-36-29)22-8-10-24(35-7)11-9-22/h8-11,16-21H,12-15H2,1-7H3. The van der Waals surface area contributed by atoms with E-state index in [4.69, 9.17) is 9.72 Å². The lowest BCUT2D eigenvalue weighted by atomic mass is 9.89. The van der Waals surface area contributed by atoms with Gasteiger partial charge in [-0.2, -0.15) is 4.31 Å². The van der Waals surface area contributed by atoms with Crippen LogP contribution in [0.3, 0.4) is 0 Å².